The molecule has 3 aliphatic rings. The van der Waals surface area contributed by atoms with Crippen molar-refractivity contribution in [3.05, 3.63) is 0 Å². The Labute approximate surface area is 140 Å². The van der Waals surface area contributed by atoms with E-state index in [2.05, 4.69) is 10.2 Å². The van der Waals surface area contributed by atoms with Gasteiger partial charge in [0.1, 0.15) is 0 Å². The lowest BCUT2D eigenvalue weighted by molar-refractivity contribution is -0.135. The lowest BCUT2D eigenvalue weighted by atomic mass is 10.1. The van der Waals surface area contributed by atoms with Crippen molar-refractivity contribution in [2.75, 3.05) is 65.7 Å². The van der Waals surface area contributed by atoms with Crippen molar-refractivity contribution in [3.63, 3.8) is 0 Å². The highest BCUT2D eigenvalue weighted by Gasteiger charge is 2.24. The maximum Gasteiger partial charge on any atom is 0.239 e. The molecule has 0 aromatic heterocycles. The molecule has 0 saturated carbocycles. The minimum absolute atomic E-state index is 0.0127. The number of piperidine rings is 1. The van der Waals surface area contributed by atoms with Crippen molar-refractivity contribution in [2.24, 2.45) is 0 Å². The van der Waals surface area contributed by atoms with Gasteiger partial charge in [-0.3, -0.25) is 4.79 Å². The van der Waals surface area contributed by atoms with Crippen LogP contribution in [0, 0.1) is 0 Å². The number of carbonyl (C=O) groups excluding carboxylic acids is 1. The first-order valence-electron chi connectivity index (χ1n) is 9.17. The van der Waals surface area contributed by atoms with Crippen LogP contribution in [0.1, 0.15) is 32.6 Å². The summed E-state index contributed by atoms with van der Waals surface area (Å²) in [6.45, 7) is 11.5. The molecule has 0 unspecified atom stereocenters. The smallest absolute Gasteiger partial charge is 0.239 e. The predicted molar refractivity (Wildman–Crippen MR) is 90.6 cm³/mol. The van der Waals surface area contributed by atoms with Gasteiger partial charge >= 0.3 is 0 Å². The molecule has 0 aliphatic carbocycles. The number of nitrogens with zero attached hydrogens (tertiary/aromatic N) is 2. The number of likely N-dealkylation sites (tertiary alicyclic amines) is 1. The monoisotopic (exact) mass is 327 g/mol. The van der Waals surface area contributed by atoms with Gasteiger partial charge < -0.3 is 24.6 Å². The molecule has 0 aromatic carbocycles. The minimum atomic E-state index is 0.0127. The molecule has 0 bridgehead atoms. The SMILES string of the molecule is C1COCCO1.C[C@@H]1NCCN(CCCN2CCCCC2)C1=O. The Kier molecular flexibility index (Phi) is 8.89. The second-order valence-corrected chi connectivity index (χ2v) is 6.48. The van der Waals surface area contributed by atoms with Crippen molar-refractivity contribution >= 4 is 5.91 Å². The third-order valence-corrected chi connectivity index (χ3v) is 4.61. The fraction of sp³-hybridized carbons (Fsp3) is 0.941. The fourth-order valence-corrected chi connectivity index (χ4v) is 3.22. The summed E-state index contributed by atoms with van der Waals surface area (Å²) in [6.07, 6.45) is 5.22. The van der Waals surface area contributed by atoms with Crippen molar-refractivity contribution < 1.29 is 14.3 Å². The van der Waals surface area contributed by atoms with Crippen LogP contribution in [0.2, 0.25) is 0 Å². The molecular weight excluding hydrogens is 294 g/mol. The van der Waals surface area contributed by atoms with E-state index in [1.54, 1.807) is 0 Å². The molecule has 3 heterocycles. The van der Waals surface area contributed by atoms with E-state index in [0.29, 0.717) is 0 Å². The number of hydrogen-bond acceptors (Lipinski definition) is 5. The summed E-state index contributed by atoms with van der Waals surface area (Å²) in [5, 5.41) is 3.20. The molecule has 1 N–H and O–H groups in total. The van der Waals surface area contributed by atoms with Gasteiger partial charge in [0.05, 0.1) is 32.5 Å². The van der Waals surface area contributed by atoms with Crippen molar-refractivity contribution in [2.45, 2.75) is 38.6 Å². The lowest BCUT2D eigenvalue weighted by Gasteiger charge is -2.32. The molecule has 1 amide bonds. The summed E-state index contributed by atoms with van der Waals surface area (Å²) in [5.74, 6) is 0.273. The zero-order valence-corrected chi connectivity index (χ0v) is 14.6. The highest BCUT2D eigenvalue weighted by Crippen LogP contribution is 2.09. The standard InChI is InChI=1S/C13H25N3O.C4H8O2/c1-12-13(17)16(11-6-14-12)10-5-9-15-7-3-2-4-8-15;1-2-6-4-3-5-1/h12,14H,2-11H2,1H3;1-4H2/t12-;/m0./s1. The van der Waals surface area contributed by atoms with Crippen molar-refractivity contribution in [1.29, 1.82) is 0 Å². The Morgan fingerprint density at radius 1 is 1.00 bits per heavy atom. The number of nitrogens with one attached hydrogen (secondary N) is 1. The maximum atomic E-state index is 11.9. The Hall–Kier alpha value is -0.690. The van der Waals surface area contributed by atoms with Gasteiger partial charge in [-0.15, -0.1) is 0 Å². The van der Waals surface area contributed by atoms with E-state index in [9.17, 15) is 4.79 Å². The van der Waals surface area contributed by atoms with E-state index >= 15 is 0 Å². The second kappa shape index (κ2) is 11.0. The Balaban J connectivity index is 0.000000268. The second-order valence-electron chi connectivity index (χ2n) is 6.48. The fourth-order valence-electron chi connectivity index (χ4n) is 3.22. The van der Waals surface area contributed by atoms with Gasteiger partial charge in [-0.25, -0.2) is 0 Å². The number of hydrogen-bond donors (Lipinski definition) is 1. The largest absolute Gasteiger partial charge is 0.377 e. The average molecular weight is 327 g/mol. The first-order valence-corrected chi connectivity index (χ1v) is 9.17. The molecule has 6 nitrogen and oxygen atoms in total. The van der Waals surface area contributed by atoms with Crippen LogP contribution in [-0.2, 0) is 14.3 Å². The van der Waals surface area contributed by atoms with E-state index in [-0.39, 0.29) is 11.9 Å². The zero-order valence-electron chi connectivity index (χ0n) is 14.6. The first kappa shape index (κ1) is 18.6. The summed E-state index contributed by atoms with van der Waals surface area (Å²) < 4.78 is 9.89. The Morgan fingerprint density at radius 3 is 2.26 bits per heavy atom. The number of rotatable bonds is 4. The van der Waals surface area contributed by atoms with Crippen LogP contribution in [-0.4, -0.2) is 87.4 Å². The van der Waals surface area contributed by atoms with Gasteiger partial charge in [0.25, 0.3) is 0 Å². The van der Waals surface area contributed by atoms with E-state index in [4.69, 9.17) is 9.47 Å². The maximum absolute atomic E-state index is 11.9. The quantitative estimate of drug-likeness (QED) is 0.824. The Morgan fingerprint density at radius 2 is 1.65 bits per heavy atom. The molecule has 1 atom stereocenters. The van der Waals surface area contributed by atoms with Gasteiger partial charge in [0, 0.05) is 19.6 Å². The van der Waals surface area contributed by atoms with E-state index < -0.39 is 0 Å². The number of carbonyl (C=O) groups is 1. The molecule has 134 valence electrons. The molecular formula is C17H33N3O3. The van der Waals surface area contributed by atoms with Crippen LogP contribution in [0.5, 0.6) is 0 Å². The van der Waals surface area contributed by atoms with E-state index in [1.807, 2.05) is 11.8 Å². The zero-order chi connectivity index (χ0) is 16.3. The van der Waals surface area contributed by atoms with Gasteiger partial charge in [0.2, 0.25) is 5.91 Å². The molecule has 6 heteroatoms. The third kappa shape index (κ3) is 7.16. The van der Waals surface area contributed by atoms with Gasteiger partial charge in [-0.2, -0.15) is 0 Å². The molecule has 3 saturated heterocycles. The summed E-state index contributed by atoms with van der Waals surface area (Å²) in [7, 11) is 0. The third-order valence-electron chi connectivity index (χ3n) is 4.61. The molecule has 3 rings (SSSR count). The predicted octanol–water partition coefficient (Wildman–Crippen LogP) is 0.716. The average Bonchev–Trinajstić information content (AvgIpc) is 2.62. The topological polar surface area (TPSA) is 54.0 Å². The van der Waals surface area contributed by atoms with Crippen molar-refractivity contribution in [1.82, 2.24) is 15.1 Å². The van der Waals surface area contributed by atoms with E-state index in [1.165, 1.54) is 32.4 Å². The highest BCUT2D eigenvalue weighted by molar-refractivity contribution is 5.82. The normalized spacial score (nSPS) is 26.6. The number of piperazine rings is 1. The van der Waals surface area contributed by atoms with Crippen LogP contribution in [0.25, 0.3) is 0 Å². The highest BCUT2D eigenvalue weighted by atomic mass is 16.6. The van der Waals surface area contributed by atoms with Crippen LogP contribution < -0.4 is 5.32 Å². The van der Waals surface area contributed by atoms with Gasteiger partial charge in [-0.1, -0.05) is 6.42 Å². The summed E-state index contributed by atoms with van der Waals surface area (Å²) in [6, 6.07) is 0.0127. The molecule has 3 aliphatic heterocycles. The lowest BCUT2D eigenvalue weighted by Crippen LogP contribution is -2.54. The van der Waals surface area contributed by atoms with Crippen LogP contribution in [0.3, 0.4) is 0 Å². The summed E-state index contributed by atoms with van der Waals surface area (Å²) in [4.78, 5) is 16.4. The summed E-state index contributed by atoms with van der Waals surface area (Å²) >= 11 is 0. The van der Waals surface area contributed by atoms with Gasteiger partial charge in [0.15, 0.2) is 0 Å². The molecule has 0 spiro atoms. The van der Waals surface area contributed by atoms with Crippen LogP contribution >= 0.6 is 0 Å². The minimum Gasteiger partial charge on any atom is -0.377 e. The molecule has 0 aromatic rings. The first-order chi connectivity index (χ1) is 11.3. The van der Waals surface area contributed by atoms with E-state index in [0.717, 1.165) is 59.0 Å². The molecule has 23 heavy (non-hydrogen) atoms. The Bertz CT molecular complexity index is 320. The molecule has 3 fully saturated rings. The number of ether oxygens (including phenoxy) is 2. The number of amides is 1. The van der Waals surface area contributed by atoms with Gasteiger partial charge in [-0.05, 0) is 45.8 Å². The molecule has 0 radical (unpaired) electrons. The van der Waals surface area contributed by atoms with Crippen LogP contribution in [0.4, 0.5) is 0 Å². The summed E-state index contributed by atoms with van der Waals surface area (Å²) in [5.41, 5.74) is 0. The van der Waals surface area contributed by atoms with Crippen LogP contribution in [0.15, 0.2) is 0 Å². The van der Waals surface area contributed by atoms with Crippen molar-refractivity contribution in [3.8, 4) is 0 Å².